The van der Waals surface area contributed by atoms with Crippen LogP contribution in [0.5, 0.6) is 0 Å². The second kappa shape index (κ2) is 4.32. The highest BCUT2D eigenvalue weighted by molar-refractivity contribution is 5.70. The molecule has 1 aliphatic rings. The van der Waals surface area contributed by atoms with Gasteiger partial charge in [-0.05, 0) is 6.42 Å². The molecule has 3 heterocycles. The number of hydrogen-bond donors (Lipinski definition) is 3. The van der Waals surface area contributed by atoms with Crippen LogP contribution in [-0.4, -0.2) is 37.3 Å². The summed E-state index contributed by atoms with van der Waals surface area (Å²) in [5.74, 6) is 0.237. The maximum absolute atomic E-state index is 11.7. The molecular weight excluding hydrogens is 250 g/mol. The number of fused-ring (bicyclic) bond motifs is 1. The first kappa shape index (κ1) is 12.1. The van der Waals surface area contributed by atoms with E-state index >= 15 is 0 Å². The Kier molecular flexibility index (Phi) is 2.76. The van der Waals surface area contributed by atoms with Crippen LogP contribution >= 0.6 is 0 Å². The molecule has 0 saturated carbocycles. The van der Waals surface area contributed by atoms with Crippen LogP contribution in [0.2, 0.25) is 0 Å². The first-order valence-corrected chi connectivity index (χ1v) is 6.08. The molecule has 0 bridgehead atoms. The Balaban J connectivity index is 2.09. The van der Waals surface area contributed by atoms with E-state index in [1.54, 1.807) is 4.57 Å². The summed E-state index contributed by atoms with van der Waals surface area (Å²) in [6.45, 7) is 1.99. The van der Waals surface area contributed by atoms with E-state index in [9.17, 15) is 4.79 Å². The van der Waals surface area contributed by atoms with Gasteiger partial charge in [0, 0.05) is 5.92 Å². The molecule has 102 valence electrons. The van der Waals surface area contributed by atoms with Crippen molar-refractivity contribution in [2.24, 2.45) is 5.92 Å². The summed E-state index contributed by atoms with van der Waals surface area (Å²) in [5, 5.41) is 9.16. The van der Waals surface area contributed by atoms with Crippen LogP contribution in [-0.2, 0) is 4.74 Å². The number of imidazole rings is 1. The van der Waals surface area contributed by atoms with Gasteiger partial charge in [0.1, 0.15) is 6.23 Å². The van der Waals surface area contributed by atoms with Crippen molar-refractivity contribution < 1.29 is 9.84 Å². The fourth-order valence-electron chi connectivity index (χ4n) is 2.50. The van der Waals surface area contributed by atoms with E-state index in [1.165, 1.54) is 6.33 Å². The van der Waals surface area contributed by atoms with Crippen LogP contribution in [0.15, 0.2) is 11.1 Å². The topological polar surface area (TPSA) is 119 Å². The zero-order valence-corrected chi connectivity index (χ0v) is 10.4. The number of nitrogens with two attached hydrogens (primary N) is 1. The second-order valence-corrected chi connectivity index (χ2v) is 4.82. The lowest BCUT2D eigenvalue weighted by molar-refractivity contribution is -0.0294. The third-order valence-electron chi connectivity index (χ3n) is 3.38. The predicted molar refractivity (Wildman–Crippen MR) is 67.3 cm³/mol. The maximum atomic E-state index is 11.7. The Morgan fingerprint density at radius 3 is 3.16 bits per heavy atom. The fourth-order valence-corrected chi connectivity index (χ4v) is 2.50. The number of nitrogen functional groups attached to an aromatic ring is 1. The summed E-state index contributed by atoms with van der Waals surface area (Å²) in [7, 11) is 0. The molecule has 2 aromatic heterocycles. The average Bonchev–Trinajstić information content (AvgIpc) is 2.92. The van der Waals surface area contributed by atoms with Gasteiger partial charge >= 0.3 is 0 Å². The van der Waals surface area contributed by atoms with Crippen LogP contribution in [0.3, 0.4) is 0 Å². The number of aliphatic hydroxyl groups excluding tert-OH is 1. The molecule has 4 N–H and O–H groups in total. The predicted octanol–water partition coefficient (Wildman–Crippen LogP) is -0.382. The van der Waals surface area contributed by atoms with Crippen molar-refractivity contribution in [1.82, 2.24) is 19.5 Å². The zero-order valence-electron chi connectivity index (χ0n) is 10.4. The lowest BCUT2D eigenvalue weighted by atomic mass is 10.1. The number of aromatic nitrogens is 4. The van der Waals surface area contributed by atoms with Crippen LogP contribution in [0.1, 0.15) is 19.6 Å². The van der Waals surface area contributed by atoms with Crippen LogP contribution in [0.25, 0.3) is 11.2 Å². The maximum Gasteiger partial charge on any atom is 0.280 e. The summed E-state index contributed by atoms with van der Waals surface area (Å²) < 4.78 is 7.43. The highest BCUT2D eigenvalue weighted by atomic mass is 16.5. The fraction of sp³-hybridized carbons (Fsp3) is 0.545. The molecule has 0 unspecified atom stereocenters. The minimum atomic E-state index is -0.370. The molecule has 8 nitrogen and oxygen atoms in total. The highest BCUT2D eigenvalue weighted by Gasteiger charge is 2.34. The Labute approximate surface area is 108 Å². The molecule has 1 aliphatic heterocycles. The number of hydrogen-bond acceptors (Lipinski definition) is 6. The number of anilines is 1. The SMILES string of the molecule is C[C@H]1C[C@@H](CO)O[C@H]1n1cnc2c(=O)[nH]c(N)nc21. The number of aromatic amines is 1. The summed E-state index contributed by atoms with van der Waals surface area (Å²) in [6, 6.07) is 0. The zero-order chi connectivity index (χ0) is 13.6. The normalized spacial score (nSPS) is 27.2. The largest absolute Gasteiger partial charge is 0.394 e. The summed E-state index contributed by atoms with van der Waals surface area (Å²) in [4.78, 5) is 22.3. The Hall–Kier alpha value is -1.93. The van der Waals surface area contributed by atoms with Crippen molar-refractivity contribution in [2.45, 2.75) is 25.7 Å². The first-order valence-electron chi connectivity index (χ1n) is 6.08. The average molecular weight is 265 g/mol. The molecule has 0 aromatic carbocycles. The first-order chi connectivity index (χ1) is 9.10. The Morgan fingerprint density at radius 1 is 1.68 bits per heavy atom. The van der Waals surface area contributed by atoms with Crippen molar-refractivity contribution in [3.8, 4) is 0 Å². The van der Waals surface area contributed by atoms with Gasteiger partial charge in [0.2, 0.25) is 5.95 Å². The molecule has 0 aliphatic carbocycles. The van der Waals surface area contributed by atoms with E-state index < -0.39 is 0 Å². The van der Waals surface area contributed by atoms with Gasteiger partial charge in [-0.15, -0.1) is 0 Å². The molecule has 0 radical (unpaired) electrons. The minimum Gasteiger partial charge on any atom is -0.394 e. The molecule has 3 atom stereocenters. The third kappa shape index (κ3) is 1.89. The highest BCUT2D eigenvalue weighted by Crippen LogP contribution is 2.34. The van der Waals surface area contributed by atoms with Crippen molar-refractivity contribution >= 4 is 17.1 Å². The second-order valence-electron chi connectivity index (χ2n) is 4.82. The van der Waals surface area contributed by atoms with Gasteiger partial charge in [0.05, 0.1) is 19.0 Å². The smallest absolute Gasteiger partial charge is 0.280 e. The van der Waals surface area contributed by atoms with Gasteiger partial charge in [0.25, 0.3) is 5.56 Å². The van der Waals surface area contributed by atoms with Crippen LogP contribution < -0.4 is 11.3 Å². The molecule has 0 amide bonds. The molecule has 2 aromatic rings. The van der Waals surface area contributed by atoms with Gasteiger partial charge in [-0.1, -0.05) is 6.92 Å². The van der Waals surface area contributed by atoms with E-state index in [-0.39, 0.29) is 41.9 Å². The van der Waals surface area contributed by atoms with Crippen LogP contribution in [0, 0.1) is 5.92 Å². The number of nitrogens with zero attached hydrogens (tertiary/aromatic N) is 3. The van der Waals surface area contributed by atoms with Gasteiger partial charge in [-0.25, -0.2) is 4.98 Å². The summed E-state index contributed by atoms with van der Waals surface area (Å²) in [5.41, 5.74) is 5.81. The van der Waals surface area contributed by atoms with Crippen molar-refractivity contribution in [3.05, 3.63) is 16.7 Å². The van der Waals surface area contributed by atoms with E-state index in [0.29, 0.717) is 5.65 Å². The molecule has 8 heteroatoms. The molecule has 0 spiro atoms. The molecular formula is C11H15N5O3. The summed E-state index contributed by atoms with van der Waals surface area (Å²) >= 11 is 0. The van der Waals surface area contributed by atoms with Gasteiger partial charge in [-0.3, -0.25) is 14.3 Å². The molecule has 1 fully saturated rings. The van der Waals surface area contributed by atoms with Crippen molar-refractivity contribution in [3.63, 3.8) is 0 Å². The standard InChI is InChI=1S/C11H15N5O3/c1-5-2-6(3-17)19-10(5)16-4-13-7-8(16)14-11(12)15-9(7)18/h4-6,10,17H,2-3H2,1H3,(H3,12,14,15,18)/t5-,6-,10+/m0/s1. The summed E-state index contributed by atoms with van der Waals surface area (Å²) in [6.07, 6.45) is 1.78. The minimum absolute atomic E-state index is 0.0242. The monoisotopic (exact) mass is 265 g/mol. The van der Waals surface area contributed by atoms with E-state index in [0.717, 1.165) is 6.42 Å². The third-order valence-corrected chi connectivity index (χ3v) is 3.38. The lowest BCUT2D eigenvalue weighted by Gasteiger charge is -2.17. The number of H-pyrrole nitrogens is 1. The Morgan fingerprint density at radius 2 is 2.47 bits per heavy atom. The van der Waals surface area contributed by atoms with Gasteiger partial charge in [-0.2, -0.15) is 4.98 Å². The number of nitrogens with one attached hydrogen (secondary N) is 1. The molecule has 1 saturated heterocycles. The number of aliphatic hydroxyl groups is 1. The van der Waals surface area contributed by atoms with Gasteiger partial charge in [0.15, 0.2) is 11.2 Å². The van der Waals surface area contributed by atoms with E-state index in [2.05, 4.69) is 15.0 Å². The number of ether oxygens (including phenoxy) is 1. The van der Waals surface area contributed by atoms with E-state index in [1.807, 2.05) is 6.92 Å². The van der Waals surface area contributed by atoms with Crippen LogP contribution in [0.4, 0.5) is 5.95 Å². The quantitative estimate of drug-likeness (QED) is 0.680. The number of rotatable bonds is 2. The lowest BCUT2D eigenvalue weighted by Crippen LogP contribution is -2.17. The van der Waals surface area contributed by atoms with E-state index in [4.69, 9.17) is 15.6 Å². The molecule has 19 heavy (non-hydrogen) atoms. The van der Waals surface area contributed by atoms with Crippen molar-refractivity contribution in [1.29, 1.82) is 0 Å². The Bertz CT molecular complexity index is 664. The molecule has 3 rings (SSSR count). The van der Waals surface area contributed by atoms with Gasteiger partial charge < -0.3 is 15.6 Å². The van der Waals surface area contributed by atoms with Crippen molar-refractivity contribution in [2.75, 3.05) is 12.3 Å².